The Labute approximate surface area is 335 Å². The number of rotatable bonds is 12. The summed E-state index contributed by atoms with van der Waals surface area (Å²) in [4.78, 5) is 24.1. The van der Waals surface area contributed by atoms with Gasteiger partial charge in [0.25, 0.3) is 10.1 Å². The normalized spacial score (nSPS) is 14.8. The van der Waals surface area contributed by atoms with E-state index in [-0.39, 0.29) is 30.7 Å². The second kappa shape index (κ2) is 28.8. The fraction of sp³-hybridized carbons (Fsp3) is 0.304. The maximum atomic E-state index is 12.9. The molecule has 0 radical (unpaired) electrons. The first kappa shape index (κ1) is 50.4. The standard InChI is InChI=1S/C30H29NO3.C10H17NO4S.2C2H6.C2H2/c1-4-33-28-16-13-25-19-24(9-10-26(25)20-28)22(3)30(32)31-27-14-11-23(12-15-27)29-18-21(2)8-6-5-7-17-34-29;1-3-9(2)5-4-6-10(12)11-7-8-16(13,14)15;3*1-2/h5-16,18-20,22H,2,4,17H2,1,3H3,(H,31,32);3-5H,6-8H2,1-2H3,(H,11,12)(H,13,14,15);2*1-2H3;1-2H/b7-5-,8-6-,29-18-;5-4-,9-3-;;;. The number of allylic oxidation sites excluding steroid dienone is 8. The zero-order valence-electron chi connectivity index (χ0n) is 34.2. The summed E-state index contributed by atoms with van der Waals surface area (Å²) in [5, 5.41) is 7.58. The van der Waals surface area contributed by atoms with E-state index in [1.165, 1.54) is 0 Å². The van der Waals surface area contributed by atoms with Crippen molar-refractivity contribution in [1.29, 1.82) is 0 Å². The molecule has 1 unspecified atom stereocenters. The number of hydrogen-bond acceptors (Lipinski definition) is 6. The molecule has 9 nitrogen and oxygen atoms in total. The number of anilines is 1. The molecule has 0 aliphatic carbocycles. The lowest BCUT2D eigenvalue weighted by Crippen LogP contribution is -2.28. The van der Waals surface area contributed by atoms with Gasteiger partial charge in [0.05, 0.1) is 18.3 Å². The van der Waals surface area contributed by atoms with Crippen LogP contribution in [0.3, 0.4) is 0 Å². The minimum absolute atomic E-state index is 0.0559. The lowest BCUT2D eigenvalue weighted by Gasteiger charge is -2.15. The van der Waals surface area contributed by atoms with Crippen molar-refractivity contribution in [3.8, 4) is 18.6 Å². The van der Waals surface area contributed by atoms with Gasteiger partial charge in [-0.2, -0.15) is 8.42 Å². The predicted octanol–water partition coefficient (Wildman–Crippen LogP) is 10.2. The maximum Gasteiger partial charge on any atom is 0.266 e. The van der Waals surface area contributed by atoms with E-state index in [4.69, 9.17) is 14.0 Å². The summed E-state index contributed by atoms with van der Waals surface area (Å²) >= 11 is 0. The molecule has 2 amide bonds. The highest BCUT2D eigenvalue weighted by Gasteiger charge is 2.16. The van der Waals surface area contributed by atoms with Crippen LogP contribution in [0.15, 0.2) is 127 Å². The van der Waals surface area contributed by atoms with E-state index in [1.807, 2.05) is 153 Å². The Bertz CT molecular complexity index is 1950. The quantitative estimate of drug-likeness (QED) is 0.0947. The second-order valence-electron chi connectivity index (χ2n) is 11.4. The number of amides is 2. The first-order valence-electron chi connectivity index (χ1n) is 18.7. The molecule has 0 aromatic heterocycles. The number of carbonyl (C=O) groups excluding carboxylic acids is 2. The molecule has 1 aliphatic rings. The van der Waals surface area contributed by atoms with Crippen LogP contribution in [0.25, 0.3) is 16.5 Å². The number of hydrogen-bond donors (Lipinski definition) is 3. The Kier molecular flexibility index (Phi) is 25.9. The Morgan fingerprint density at radius 2 is 1.64 bits per heavy atom. The van der Waals surface area contributed by atoms with E-state index in [9.17, 15) is 18.0 Å². The molecule has 1 atom stereocenters. The summed E-state index contributed by atoms with van der Waals surface area (Å²) in [5.41, 5.74) is 4.54. The highest BCUT2D eigenvalue weighted by molar-refractivity contribution is 7.85. The van der Waals surface area contributed by atoms with Gasteiger partial charge in [0.2, 0.25) is 11.8 Å². The Hall–Kier alpha value is -5.63. The molecular weight excluding hydrogens is 725 g/mol. The van der Waals surface area contributed by atoms with Crippen molar-refractivity contribution in [2.45, 2.75) is 67.7 Å². The molecule has 4 rings (SSSR count). The Morgan fingerprint density at radius 3 is 2.27 bits per heavy atom. The lowest BCUT2D eigenvalue weighted by atomic mass is 9.97. The molecule has 3 aromatic carbocycles. The van der Waals surface area contributed by atoms with Crippen LogP contribution in [0.1, 0.15) is 78.9 Å². The highest BCUT2D eigenvalue weighted by atomic mass is 32.2. The van der Waals surface area contributed by atoms with Crippen LogP contribution in [-0.2, 0) is 24.4 Å². The first-order chi connectivity index (χ1) is 26.9. The van der Waals surface area contributed by atoms with E-state index < -0.39 is 15.9 Å². The molecule has 1 aliphatic heterocycles. The van der Waals surface area contributed by atoms with Crippen LogP contribution in [0, 0.1) is 12.8 Å². The van der Waals surface area contributed by atoms with Crippen LogP contribution in [-0.4, -0.2) is 50.3 Å². The van der Waals surface area contributed by atoms with Gasteiger partial charge in [0.1, 0.15) is 18.1 Å². The molecule has 10 heteroatoms. The Morgan fingerprint density at radius 1 is 1.00 bits per heavy atom. The van der Waals surface area contributed by atoms with Crippen LogP contribution in [0.2, 0.25) is 0 Å². The number of nitrogens with one attached hydrogen (secondary N) is 2. The summed E-state index contributed by atoms with van der Waals surface area (Å²) in [7, 11) is -4.00. The van der Waals surface area contributed by atoms with Gasteiger partial charge < -0.3 is 20.1 Å². The van der Waals surface area contributed by atoms with Gasteiger partial charge in [-0.3, -0.25) is 14.1 Å². The largest absolute Gasteiger partial charge is 0.494 e. The zero-order chi connectivity index (χ0) is 42.5. The maximum absolute atomic E-state index is 12.9. The van der Waals surface area contributed by atoms with E-state index in [0.717, 1.165) is 50.2 Å². The monoisotopic (exact) mass is 784 g/mol. The van der Waals surface area contributed by atoms with Crippen molar-refractivity contribution in [3.05, 3.63) is 138 Å². The van der Waals surface area contributed by atoms with Gasteiger partial charge in [-0.1, -0.05) is 101 Å². The average molecular weight is 785 g/mol. The molecular formula is C46H60N2O7S. The molecule has 56 heavy (non-hydrogen) atoms. The van der Waals surface area contributed by atoms with Crippen LogP contribution in [0.5, 0.6) is 5.75 Å². The summed E-state index contributed by atoms with van der Waals surface area (Å²) in [5.74, 6) is 0.513. The molecule has 1 heterocycles. The van der Waals surface area contributed by atoms with Gasteiger partial charge in [0.15, 0.2) is 0 Å². The number of benzene rings is 3. The number of fused-ring (bicyclic) bond motifs is 1. The molecule has 3 N–H and O–H groups in total. The summed E-state index contributed by atoms with van der Waals surface area (Å²) in [6.45, 7) is 20.8. The smallest absolute Gasteiger partial charge is 0.266 e. The number of ether oxygens (including phenoxy) is 2. The van der Waals surface area contributed by atoms with Crippen molar-refractivity contribution >= 4 is 44.2 Å². The van der Waals surface area contributed by atoms with Gasteiger partial charge >= 0.3 is 0 Å². The first-order valence-corrected chi connectivity index (χ1v) is 20.3. The molecule has 3 aromatic rings. The zero-order valence-corrected chi connectivity index (χ0v) is 35.0. The van der Waals surface area contributed by atoms with Gasteiger partial charge in [-0.15, -0.1) is 12.8 Å². The summed E-state index contributed by atoms with van der Waals surface area (Å²) < 4.78 is 40.5. The summed E-state index contributed by atoms with van der Waals surface area (Å²) in [6, 6.07) is 19.8. The van der Waals surface area contributed by atoms with E-state index in [2.05, 4.69) is 36.1 Å². The third-order valence-corrected chi connectivity index (χ3v) is 8.23. The van der Waals surface area contributed by atoms with Crippen molar-refractivity contribution in [1.82, 2.24) is 5.32 Å². The van der Waals surface area contributed by atoms with Crippen LogP contribution < -0.4 is 15.4 Å². The van der Waals surface area contributed by atoms with Gasteiger partial charge in [-0.05, 0) is 98.2 Å². The molecule has 0 bridgehead atoms. The van der Waals surface area contributed by atoms with Crippen LogP contribution in [0.4, 0.5) is 5.69 Å². The van der Waals surface area contributed by atoms with Crippen molar-refractivity contribution in [3.63, 3.8) is 0 Å². The fourth-order valence-electron chi connectivity index (χ4n) is 4.60. The third kappa shape index (κ3) is 20.2. The van der Waals surface area contributed by atoms with Crippen molar-refractivity contribution in [2.75, 3.05) is 30.8 Å². The van der Waals surface area contributed by atoms with Gasteiger partial charge in [0, 0.05) is 24.2 Å². The third-order valence-electron chi connectivity index (χ3n) is 7.51. The van der Waals surface area contributed by atoms with Crippen molar-refractivity contribution in [2.24, 2.45) is 0 Å². The number of terminal acetylenes is 1. The molecule has 0 spiro atoms. The SMILES string of the molecule is C#C.C/C=C(C)\C=C/CC(=O)NCCS(=O)(=O)O.C=C1/C=C\C=C/CO/C(c2ccc(NC(=O)C(C)c3ccc4cc(OCC)ccc4c3)cc2)=C\1.CC.CC. The van der Waals surface area contributed by atoms with E-state index in [1.54, 1.807) is 6.08 Å². The Balaban J connectivity index is 0.00000116. The molecule has 0 fully saturated rings. The van der Waals surface area contributed by atoms with Crippen LogP contribution >= 0.6 is 0 Å². The van der Waals surface area contributed by atoms with Crippen molar-refractivity contribution < 1.29 is 32.0 Å². The minimum Gasteiger partial charge on any atom is -0.494 e. The predicted molar refractivity (Wildman–Crippen MR) is 235 cm³/mol. The molecule has 0 saturated carbocycles. The molecule has 0 saturated heterocycles. The van der Waals surface area contributed by atoms with E-state index in [0.29, 0.717) is 13.2 Å². The second-order valence-corrected chi connectivity index (χ2v) is 13.0. The lowest BCUT2D eigenvalue weighted by molar-refractivity contribution is -0.120. The fourth-order valence-corrected chi connectivity index (χ4v) is 4.96. The minimum atomic E-state index is -4.00. The van der Waals surface area contributed by atoms with Gasteiger partial charge in [-0.25, -0.2) is 0 Å². The van der Waals surface area contributed by atoms with E-state index >= 15 is 0 Å². The molecule has 302 valence electrons. The topological polar surface area (TPSA) is 131 Å². The average Bonchev–Trinajstić information content (AvgIpc) is 3.31. The summed E-state index contributed by atoms with van der Waals surface area (Å²) in [6.07, 6.45) is 23.3. The number of carbonyl (C=O) groups is 2. The highest BCUT2D eigenvalue weighted by Crippen LogP contribution is 2.27.